The van der Waals surface area contributed by atoms with Gasteiger partial charge in [0.25, 0.3) is 5.95 Å². The van der Waals surface area contributed by atoms with Crippen molar-refractivity contribution < 1.29 is 9.59 Å². The molecule has 1 unspecified atom stereocenters. The van der Waals surface area contributed by atoms with Gasteiger partial charge < -0.3 is 0 Å². The molecule has 1 atom stereocenters. The summed E-state index contributed by atoms with van der Waals surface area (Å²) in [5.74, 6) is 1.88. The quantitative estimate of drug-likeness (QED) is 0.931. The van der Waals surface area contributed by atoms with Crippen molar-refractivity contribution in [2.24, 2.45) is 5.92 Å². The van der Waals surface area contributed by atoms with Crippen molar-refractivity contribution in [3.05, 3.63) is 29.8 Å². The van der Waals surface area contributed by atoms with Crippen LogP contribution in [0, 0.1) is 12.8 Å². The summed E-state index contributed by atoms with van der Waals surface area (Å²) in [6, 6.07) is 7.95. The second kappa shape index (κ2) is 6.54. The fraction of sp³-hybridized carbons (Fsp3) is 0.375. The van der Waals surface area contributed by atoms with Crippen LogP contribution in [0.2, 0.25) is 0 Å². The third kappa shape index (κ3) is 3.61. The number of nitrogens with zero attached hydrogens (tertiary/aromatic N) is 3. The molecule has 1 aliphatic rings. The number of hydrogen-bond acceptors (Lipinski definition) is 5. The number of amides is 1. The maximum atomic E-state index is 12.2. The number of carbonyl (C=O) groups excluding carboxylic acids is 2. The van der Waals surface area contributed by atoms with Crippen LogP contribution >= 0.6 is 11.8 Å². The number of anilines is 1. The number of aromatic amines is 1. The monoisotopic (exact) mass is 330 g/mol. The number of hydrogen-bond donors (Lipinski definition) is 1. The van der Waals surface area contributed by atoms with E-state index >= 15 is 0 Å². The average molecular weight is 330 g/mol. The molecule has 1 saturated heterocycles. The number of thioether (sulfide) groups is 1. The van der Waals surface area contributed by atoms with E-state index in [1.807, 2.05) is 31.2 Å². The Morgan fingerprint density at radius 1 is 1.39 bits per heavy atom. The third-order valence-electron chi connectivity index (χ3n) is 3.77. The second-order valence-corrected chi connectivity index (χ2v) is 6.92. The van der Waals surface area contributed by atoms with Gasteiger partial charge in [-0.25, -0.2) is 0 Å². The molecule has 1 aromatic heterocycles. The van der Waals surface area contributed by atoms with Gasteiger partial charge in [-0.05, 0) is 12.8 Å². The van der Waals surface area contributed by atoms with Gasteiger partial charge in [0.2, 0.25) is 5.91 Å². The van der Waals surface area contributed by atoms with Crippen molar-refractivity contribution in [2.75, 3.05) is 17.2 Å². The Hall–Kier alpha value is -2.15. The number of aromatic nitrogens is 3. The van der Waals surface area contributed by atoms with E-state index < -0.39 is 0 Å². The van der Waals surface area contributed by atoms with Crippen LogP contribution in [0.25, 0.3) is 11.4 Å². The number of nitrogens with one attached hydrogen (secondary N) is 1. The Morgan fingerprint density at radius 2 is 2.13 bits per heavy atom. The first-order valence-corrected chi connectivity index (χ1v) is 8.44. The fourth-order valence-corrected chi connectivity index (χ4v) is 3.23. The molecule has 1 fully saturated rings. The van der Waals surface area contributed by atoms with E-state index in [-0.39, 0.29) is 16.9 Å². The van der Waals surface area contributed by atoms with Gasteiger partial charge in [0.15, 0.2) is 10.9 Å². The molecule has 1 amide bonds. The molecule has 0 bridgehead atoms. The molecule has 0 radical (unpaired) electrons. The predicted molar refractivity (Wildman–Crippen MR) is 90.2 cm³/mol. The van der Waals surface area contributed by atoms with Crippen molar-refractivity contribution in [2.45, 2.75) is 20.3 Å². The number of carbonyl (C=O) groups is 2. The molecule has 1 N–H and O–H groups in total. The van der Waals surface area contributed by atoms with Gasteiger partial charge in [-0.15, -0.1) is 5.10 Å². The van der Waals surface area contributed by atoms with E-state index in [9.17, 15) is 9.59 Å². The first-order valence-electron chi connectivity index (χ1n) is 7.46. The molecule has 6 nitrogen and oxygen atoms in total. The van der Waals surface area contributed by atoms with Crippen LogP contribution in [0.15, 0.2) is 24.3 Å². The number of aryl methyl sites for hydroxylation is 1. The van der Waals surface area contributed by atoms with Gasteiger partial charge in [-0.3, -0.25) is 19.6 Å². The summed E-state index contributed by atoms with van der Waals surface area (Å²) in [4.78, 5) is 29.2. The minimum absolute atomic E-state index is 0.00797. The smallest absolute Gasteiger partial charge is 0.251 e. The van der Waals surface area contributed by atoms with Gasteiger partial charge in [0.1, 0.15) is 0 Å². The average Bonchev–Trinajstić information content (AvgIpc) is 3.12. The summed E-state index contributed by atoms with van der Waals surface area (Å²) in [7, 11) is 0. The van der Waals surface area contributed by atoms with Crippen LogP contribution in [0.3, 0.4) is 0 Å². The number of benzene rings is 1. The van der Waals surface area contributed by atoms with E-state index in [1.165, 1.54) is 17.3 Å². The molecule has 2 aromatic rings. The zero-order valence-corrected chi connectivity index (χ0v) is 13.9. The van der Waals surface area contributed by atoms with Crippen LogP contribution in [0.4, 0.5) is 5.95 Å². The van der Waals surface area contributed by atoms with Gasteiger partial charge in [-0.1, -0.05) is 41.6 Å². The Kier molecular flexibility index (Phi) is 4.47. The summed E-state index contributed by atoms with van der Waals surface area (Å²) in [5, 5.41) is 7.14. The van der Waals surface area contributed by atoms with E-state index in [0.29, 0.717) is 30.5 Å². The van der Waals surface area contributed by atoms with Gasteiger partial charge >= 0.3 is 0 Å². The van der Waals surface area contributed by atoms with E-state index in [4.69, 9.17) is 0 Å². The lowest BCUT2D eigenvalue weighted by Crippen LogP contribution is -2.26. The highest BCUT2D eigenvalue weighted by atomic mass is 32.2. The summed E-state index contributed by atoms with van der Waals surface area (Å²) in [6.45, 7) is 4.13. The van der Waals surface area contributed by atoms with Gasteiger partial charge in [0, 0.05) is 31.2 Å². The molecular weight excluding hydrogens is 312 g/mol. The minimum atomic E-state index is 0.00797. The van der Waals surface area contributed by atoms with Crippen LogP contribution in [-0.4, -0.2) is 38.5 Å². The van der Waals surface area contributed by atoms with Crippen molar-refractivity contribution in [3.8, 4) is 11.4 Å². The summed E-state index contributed by atoms with van der Waals surface area (Å²) in [5.41, 5.74) is 2.11. The zero-order valence-electron chi connectivity index (χ0n) is 13.1. The lowest BCUT2D eigenvalue weighted by Gasteiger charge is -2.11. The van der Waals surface area contributed by atoms with Crippen molar-refractivity contribution >= 4 is 28.7 Å². The van der Waals surface area contributed by atoms with Crippen LogP contribution in [0.5, 0.6) is 0 Å². The van der Waals surface area contributed by atoms with Crippen molar-refractivity contribution in [1.82, 2.24) is 15.2 Å². The standard InChI is InChI=1S/C16H18N4O2S/c1-10-3-5-13(6-4-10)15-17-16(19-18-15)20-8-12(7-14(20)22)9-23-11(2)21/h3-6,12H,7-9H2,1-2H3,(H,17,18,19). The largest absolute Gasteiger partial charge is 0.288 e. The maximum absolute atomic E-state index is 12.2. The van der Waals surface area contributed by atoms with E-state index in [0.717, 1.165) is 5.56 Å². The van der Waals surface area contributed by atoms with E-state index in [2.05, 4.69) is 15.2 Å². The van der Waals surface area contributed by atoms with Crippen LogP contribution < -0.4 is 4.90 Å². The third-order valence-corrected chi connectivity index (χ3v) is 4.81. The molecule has 23 heavy (non-hydrogen) atoms. The van der Waals surface area contributed by atoms with Crippen molar-refractivity contribution in [1.29, 1.82) is 0 Å². The lowest BCUT2D eigenvalue weighted by atomic mass is 10.1. The minimum Gasteiger partial charge on any atom is -0.288 e. The molecule has 1 aliphatic heterocycles. The molecule has 2 heterocycles. The molecule has 0 spiro atoms. The zero-order chi connectivity index (χ0) is 16.4. The molecule has 3 rings (SSSR count). The second-order valence-electron chi connectivity index (χ2n) is 5.73. The Labute approximate surface area is 138 Å². The molecule has 0 aliphatic carbocycles. The fourth-order valence-electron chi connectivity index (χ4n) is 2.54. The normalized spacial score (nSPS) is 17.7. The number of H-pyrrole nitrogens is 1. The Bertz CT molecular complexity index is 726. The summed E-state index contributed by atoms with van der Waals surface area (Å²) in [6.07, 6.45) is 0.439. The predicted octanol–water partition coefficient (Wildman–Crippen LogP) is 2.41. The molecule has 120 valence electrons. The molecule has 1 aromatic carbocycles. The highest BCUT2D eigenvalue weighted by molar-refractivity contribution is 8.13. The van der Waals surface area contributed by atoms with Crippen LogP contribution in [0.1, 0.15) is 18.9 Å². The van der Waals surface area contributed by atoms with Gasteiger partial charge in [0.05, 0.1) is 0 Å². The summed E-state index contributed by atoms with van der Waals surface area (Å²) >= 11 is 1.26. The first-order chi connectivity index (χ1) is 11.0. The number of rotatable bonds is 4. The highest BCUT2D eigenvalue weighted by Gasteiger charge is 2.33. The Balaban J connectivity index is 1.71. The SMILES string of the molecule is CC(=O)SCC1CC(=O)N(c2n[nH]c(-c3ccc(C)cc3)n2)C1. The topological polar surface area (TPSA) is 79.0 Å². The molecular formula is C16H18N4O2S. The maximum Gasteiger partial charge on any atom is 0.251 e. The highest BCUT2D eigenvalue weighted by Crippen LogP contribution is 2.26. The molecule has 0 saturated carbocycles. The van der Waals surface area contributed by atoms with Crippen LogP contribution in [-0.2, 0) is 9.59 Å². The Morgan fingerprint density at radius 3 is 2.83 bits per heavy atom. The van der Waals surface area contributed by atoms with Crippen molar-refractivity contribution in [3.63, 3.8) is 0 Å². The van der Waals surface area contributed by atoms with Gasteiger partial charge in [-0.2, -0.15) is 4.98 Å². The first kappa shape index (κ1) is 15.7. The lowest BCUT2D eigenvalue weighted by molar-refractivity contribution is -0.117. The molecule has 7 heteroatoms. The van der Waals surface area contributed by atoms with E-state index in [1.54, 1.807) is 11.8 Å². The summed E-state index contributed by atoms with van der Waals surface area (Å²) < 4.78 is 0.